The zero-order valence-corrected chi connectivity index (χ0v) is 12.0. The molecule has 116 valence electrons. The number of anilines is 1. The van der Waals surface area contributed by atoms with Crippen LogP contribution in [0.5, 0.6) is 0 Å². The number of piperazine rings is 1. The summed E-state index contributed by atoms with van der Waals surface area (Å²) >= 11 is 0. The van der Waals surface area contributed by atoms with Gasteiger partial charge in [0, 0.05) is 31.9 Å². The molecule has 1 aliphatic rings. The summed E-state index contributed by atoms with van der Waals surface area (Å²) in [5.41, 5.74) is 3.40. The largest absolute Gasteiger partial charge is 0.485 e. The number of rotatable bonds is 1. The number of alkyl halides is 3. The molecule has 21 heavy (non-hydrogen) atoms. The van der Waals surface area contributed by atoms with Crippen molar-refractivity contribution in [2.24, 2.45) is 0 Å². The van der Waals surface area contributed by atoms with Crippen LogP contribution in [0.25, 0.3) is 0 Å². The summed E-state index contributed by atoms with van der Waals surface area (Å²) in [5, 5.41) is 1.03. The third-order valence-corrected chi connectivity index (χ3v) is 3.73. The van der Waals surface area contributed by atoms with Crippen molar-refractivity contribution < 1.29 is 18.0 Å². The van der Waals surface area contributed by atoms with Crippen molar-refractivity contribution in [2.75, 3.05) is 31.1 Å². The van der Waals surface area contributed by atoms with Gasteiger partial charge >= 0.3 is 12.3 Å². The van der Waals surface area contributed by atoms with E-state index in [0.717, 1.165) is 16.6 Å². The van der Waals surface area contributed by atoms with E-state index < -0.39 is 12.3 Å². The number of hydrogen-bond donors (Lipinski definition) is 1. The Labute approximate surface area is 121 Å². The van der Waals surface area contributed by atoms with Crippen LogP contribution in [0, 0.1) is 13.8 Å². The molecule has 1 heterocycles. The molecule has 0 spiro atoms. The first kappa shape index (κ1) is 15.5. The van der Waals surface area contributed by atoms with Crippen molar-refractivity contribution in [1.29, 1.82) is 0 Å². The van der Waals surface area contributed by atoms with Gasteiger partial charge in [-0.1, -0.05) is 12.1 Å². The van der Waals surface area contributed by atoms with E-state index in [4.69, 9.17) is 0 Å². The standard InChI is InChI=1S/C14H18F3N3O/c1-10-4-3-5-12(11(10)2)19-6-8-20(9-7-19)13(21)18-14(15,16)17/h3-5H,6-9H2,1-2H3,(H,18,21). The monoisotopic (exact) mass is 301 g/mol. The van der Waals surface area contributed by atoms with Gasteiger partial charge in [0.2, 0.25) is 0 Å². The number of benzene rings is 1. The molecule has 0 saturated carbocycles. The fourth-order valence-electron chi connectivity index (χ4n) is 2.43. The first-order valence-corrected chi connectivity index (χ1v) is 6.73. The second-order valence-corrected chi connectivity index (χ2v) is 5.12. The minimum absolute atomic E-state index is 0.273. The number of nitrogens with zero attached hydrogens (tertiary/aromatic N) is 2. The minimum atomic E-state index is -4.68. The lowest BCUT2D eigenvalue weighted by atomic mass is 10.1. The zero-order valence-electron chi connectivity index (χ0n) is 12.0. The smallest absolute Gasteiger partial charge is 0.368 e. The van der Waals surface area contributed by atoms with Gasteiger partial charge in [-0.3, -0.25) is 0 Å². The van der Waals surface area contributed by atoms with Gasteiger partial charge in [0.15, 0.2) is 0 Å². The van der Waals surface area contributed by atoms with Gasteiger partial charge in [0.05, 0.1) is 0 Å². The zero-order chi connectivity index (χ0) is 15.6. The molecule has 1 aromatic carbocycles. The lowest BCUT2D eigenvalue weighted by molar-refractivity contribution is -0.147. The Morgan fingerprint density at radius 1 is 1.14 bits per heavy atom. The van der Waals surface area contributed by atoms with Crippen molar-refractivity contribution >= 4 is 11.7 Å². The van der Waals surface area contributed by atoms with Crippen molar-refractivity contribution in [3.8, 4) is 0 Å². The van der Waals surface area contributed by atoms with Gasteiger partial charge in [-0.05, 0) is 31.0 Å². The van der Waals surface area contributed by atoms with Gasteiger partial charge in [-0.15, -0.1) is 0 Å². The third kappa shape index (κ3) is 3.80. The molecule has 0 unspecified atom stereocenters. The Bertz CT molecular complexity index is 523. The maximum absolute atomic E-state index is 12.1. The Hall–Kier alpha value is -1.92. The SMILES string of the molecule is Cc1cccc(N2CCN(C(=O)NC(F)(F)F)CC2)c1C. The van der Waals surface area contributed by atoms with E-state index in [0.29, 0.717) is 13.1 Å². The summed E-state index contributed by atoms with van der Waals surface area (Å²) in [6.45, 7) is 5.63. The number of carbonyl (C=O) groups excluding carboxylic acids is 1. The van der Waals surface area contributed by atoms with Crippen molar-refractivity contribution in [3.05, 3.63) is 29.3 Å². The highest BCUT2D eigenvalue weighted by Crippen LogP contribution is 2.24. The molecule has 1 N–H and O–H groups in total. The van der Waals surface area contributed by atoms with Crippen LogP contribution in [-0.4, -0.2) is 43.4 Å². The summed E-state index contributed by atoms with van der Waals surface area (Å²) < 4.78 is 36.4. The Balaban J connectivity index is 1.97. The molecule has 1 saturated heterocycles. The molecule has 1 fully saturated rings. The normalized spacial score (nSPS) is 16.0. The number of hydrogen-bond acceptors (Lipinski definition) is 2. The van der Waals surface area contributed by atoms with E-state index in [1.54, 1.807) is 0 Å². The van der Waals surface area contributed by atoms with Crippen LogP contribution in [-0.2, 0) is 0 Å². The van der Waals surface area contributed by atoms with Crippen LogP contribution in [0.1, 0.15) is 11.1 Å². The summed E-state index contributed by atoms with van der Waals surface area (Å²) in [7, 11) is 0. The maximum atomic E-state index is 12.1. The molecule has 2 amide bonds. The van der Waals surface area contributed by atoms with Crippen molar-refractivity contribution in [2.45, 2.75) is 20.1 Å². The number of aryl methyl sites for hydroxylation is 1. The number of nitrogens with one attached hydrogen (secondary N) is 1. The van der Waals surface area contributed by atoms with Crippen LogP contribution in [0.15, 0.2) is 18.2 Å². The van der Waals surface area contributed by atoms with Crippen LogP contribution in [0.2, 0.25) is 0 Å². The first-order valence-electron chi connectivity index (χ1n) is 6.73. The molecule has 2 rings (SSSR count). The second-order valence-electron chi connectivity index (χ2n) is 5.12. The molecule has 7 heteroatoms. The quantitative estimate of drug-likeness (QED) is 0.810. The van der Waals surface area contributed by atoms with Gasteiger partial charge in [0.25, 0.3) is 0 Å². The molecular formula is C14H18F3N3O. The molecule has 4 nitrogen and oxygen atoms in total. The van der Waals surface area contributed by atoms with Gasteiger partial charge in [-0.25, -0.2) is 10.1 Å². The van der Waals surface area contributed by atoms with Gasteiger partial charge in [0.1, 0.15) is 0 Å². The van der Waals surface area contributed by atoms with Gasteiger partial charge < -0.3 is 9.80 Å². The maximum Gasteiger partial charge on any atom is 0.485 e. The van der Waals surface area contributed by atoms with E-state index in [2.05, 4.69) is 4.90 Å². The Morgan fingerprint density at radius 3 is 2.33 bits per heavy atom. The molecule has 0 atom stereocenters. The van der Waals surface area contributed by atoms with E-state index in [-0.39, 0.29) is 13.1 Å². The van der Waals surface area contributed by atoms with Gasteiger partial charge in [-0.2, -0.15) is 13.2 Å². The van der Waals surface area contributed by atoms with E-state index in [1.807, 2.05) is 32.0 Å². The van der Waals surface area contributed by atoms with Crippen LogP contribution in [0.4, 0.5) is 23.7 Å². The minimum Gasteiger partial charge on any atom is -0.368 e. The molecule has 0 aliphatic carbocycles. The number of carbonyl (C=O) groups is 1. The number of amides is 2. The molecule has 0 aromatic heterocycles. The predicted octanol–water partition coefficient (Wildman–Crippen LogP) is 2.65. The van der Waals surface area contributed by atoms with Crippen LogP contribution >= 0.6 is 0 Å². The first-order chi connectivity index (χ1) is 9.78. The lowest BCUT2D eigenvalue weighted by Crippen LogP contribution is -2.54. The fraction of sp³-hybridized carbons (Fsp3) is 0.500. The van der Waals surface area contributed by atoms with E-state index in [9.17, 15) is 18.0 Å². The molecular weight excluding hydrogens is 283 g/mol. The molecule has 1 aliphatic heterocycles. The highest BCUT2D eigenvalue weighted by atomic mass is 19.4. The third-order valence-electron chi connectivity index (χ3n) is 3.73. The van der Waals surface area contributed by atoms with Crippen LogP contribution in [0.3, 0.4) is 0 Å². The summed E-state index contributed by atoms with van der Waals surface area (Å²) in [6, 6.07) is 4.89. The fourth-order valence-corrected chi connectivity index (χ4v) is 2.43. The summed E-state index contributed by atoms with van der Waals surface area (Å²) in [4.78, 5) is 14.7. The average molecular weight is 301 g/mol. The number of halogens is 3. The molecule has 0 bridgehead atoms. The average Bonchev–Trinajstić information content (AvgIpc) is 2.40. The van der Waals surface area contributed by atoms with Crippen LogP contribution < -0.4 is 10.2 Å². The predicted molar refractivity (Wildman–Crippen MR) is 74.3 cm³/mol. The summed E-state index contributed by atoms with van der Waals surface area (Å²) in [5.74, 6) is 0. The lowest BCUT2D eigenvalue weighted by Gasteiger charge is -2.37. The van der Waals surface area contributed by atoms with E-state index >= 15 is 0 Å². The van der Waals surface area contributed by atoms with E-state index in [1.165, 1.54) is 10.5 Å². The highest BCUT2D eigenvalue weighted by molar-refractivity contribution is 5.75. The number of urea groups is 1. The Morgan fingerprint density at radius 2 is 1.76 bits per heavy atom. The second kappa shape index (κ2) is 5.83. The Kier molecular flexibility index (Phi) is 4.29. The molecule has 1 aromatic rings. The molecule has 0 radical (unpaired) electrons. The topological polar surface area (TPSA) is 35.6 Å². The summed E-state index contributed by atoms with van der Waals surface area (Å²) in [6.07, 6.45) is -4.68. The van der Waals surface area contributed by atoms with Crippen molar-refractivity contribution in [3.63, 3.8) is 0 Å². The highest BCUT2D eigenvalue weighted by Gasteiger charge is 2.33. The van der Waals surface area contributed by atoms with Crippen molar-refractivity contribution in [1.82, 2.24) is 10.2 Å².